The summed E-state index contributed by atoms with van der Waals surface area (Å²) in [7, 11) is 0. The van der Waals surface area contributed by atoms with Crippen LogP contribution >= 0.6 is 23.2 Å². The van der Waals surface area contributed by atoms with Gasteiger partial charge in [0.1, 0.15) is 11.3 Å². The van der Waals surface area contributed by atoms with Crippen molar-refractivity contribution in [3.63, 3.8) is 0 Å². The number of aryl methyl sites for hydroxylation is 2. The van der Waals surface area contributed by atoms with Gasteiger partial charge in [-0.3, -0.25) is 4.57 Å². The van der Waals surface area contributed by atoms with E-state index in [1.807, 2.05) is 4.57 Å². The molecule has 0 radical (unpaired) electrons. The molecular weight excluding hydrogens is 293 g/mol. The lowest BCUT2D eigenvalue weighted by molar-refractivity contribution is 0.966. The average molecular weight is 306 g/mol. The minimum Gasteiger partial charge on any atom is -0.280 e. The summed E-state index contributed by atoms with van der Waals surface area (Å²) >= 11 is 12.0. The van der Waals surface area contributed by atoms with Gasteiger partial charge in [-0.15, -0.1) is 11.6 Å². The molecule has 0 aliphatic rings. The summed E-state index contributed by atoms with van der Waals surface area (Å²) < 4.78 is 1.98. The molecule has 3 nitrogen and oxygen atoms in total. The Morgan fingerprint density at radius 1 is 1.10 bits per heavy atom. The van der Waals surface area contributed by atoms with Gasteiger partial charge in [-0.1, -0.05) is 17.7 Å². The van der Waals surface area contributed by atoms with E-state index in [1.54, 1.807) is 12.3 Å². The molecule has 3 rings (SSSR count). The normalized spacial score (nSPS) is 11.2. The van der Waals surface area contributed by atoms with Crippen molar-refractivity contribution < 1.29 is 0 Å². The van der Waals surface area contributed by atoms with Gasteiger partial charge in [0.25, 0.3) is 0 Å². The fraction of sp³-hybridized carbons (Fsp3) is 0.200. The second-order valence-electron chi connectivity index (χ2n) is 4.84. The van der Waals surface area contributed by atoms with Gasteiger partial charge in [0.2, 0.25) is 0 Å². The second-order valence-corrected chi connectivity index (χ2v) is 5.54. The average Bonchev–Trinajstić information content (AvgIpc) is 2.74. The molecule has 0 bridgehead atoms. The van der Waals surface area contributed by atoms with Crippen LogP contribution in [0.15, 0.2) is 30.5 Å². The Morgan fingerprint density at radius 2 is 1.80 bits per heavy atom. The van der Waals surface area contributed by atoms with E-state index in [9.17, 15) is 0 Å². The van der Waals surface area contributed by atoms with Crippen LogP contribution in [0.4, 0.5) is 0 Å². The van der Waals surface area contributed by atoms with Crippen LogP contribution in [-0.4, -0.2) is 14.5 Å². The van der Waals surface area contributed by atoms with Crippen LogP contribution in [0.3, 0.4) is 0 Å². The van der Waals surface area contributed by atoms with Crippen LogP contribution in [-0.2, 0) is 5.88 Å². The molecule has 0 N–H and O–H groups in total. The Labute approximate surface area is 127 Å². The smallest absolute Gasteiger partial charge is 0.164 e. The number of benzene rings is 1. The molecule has 0 aliphatic carbocycles. The summed E-state index contributed by atoms with van der Waals surface area (Å²) in [4.78, 5) is 8.91. The molecule has 20 heavy (non-hydrogen) atoms. The highest BCUT2D eigenvalue weighted by Gasteiger charge is 2.13. The number of hydrogen-bond donors (Lipinski definition) is 0. The maximum absolute atomic E-state index is 6.03. The van der Waals surface area contributed by atoms with Crippen molar-refractivity contribution in [3.05, 3.63) is 52.4 Å². The van der Waals surface area contributed by atoms with E-state index in [2.05, 4.69) is 42.0 Å². The highest BCUT2D eigenvalue weighted by molar-refractivity contribution is 6.31. The summed E-state index contributed by atoms with van der Waals surface area (Å²) in [6, 6.07) is 8.13. The highest BCUT2D eigenvalue weighted by Crippen LogP contribution is 2.24. The van der Waals surface area contributed by atoms with Gasteiger partial charge in [0.15, 0.2) is 5.65 Å². The van der Waals surface area contributed by atoms with Gasteiger partial charge in [0.05, 0.1) is 10.9 Å². The lowest BCUT2D eigenvalue weighted by atomic mass is 10.1. The Kier molecular flexibility index (Phi) is 3.40. The number of nitrogens with zero attached hydrogens (tertiary/aromatic N) is 3. The van der Waals surface area contributed by atoms with Crippen LogP contribution in [0, 0.1) is 13.8 Å². The Morgan fingerprint density at radius 3 is 2.45 bits per heavy atom. The molecule has 2 heterocycles. The first-order valence-electron chi connectivity index (χ1n) is 6.26. The minimum atomic E-state index is 0.320. The number of alkyl halides is 1. The minimum absolute atomic E-state index is 0.320. The molecule has 0 fully saturated rings. The van der Waals surface area contributed by atoms with Crippen molar-refractivity contribution >= 4 is 34.4 Å². The largest absolute Gasteiger partial charge is 0.280 e. The van der Waals surface area contributed by atoms with Crippen molar-refractivity contribution in [1.82, 2.24) is 14.5 Å². The number of hydrogen-bond acceptors (Lipinski definition) is 2. The zero-order chi connectivity index (χ0) is 14.3. The van der Waals surface area contributed by atoms with Gasteiger partial charge in [-0.2, -0.15) is 0 Å². The third kappa shape index (κ3) is 2.28. The van der Waals surface area contributed by atoms with Gasteiger partial charge in [-0.25, -0.2) is 9.97 Å². The van der Waals surface area contributed by atoms with Gasteiger partial charge in [-0.05, 0) is 43.2 Å². The van der Waals surface area contributed by atoms with E-state index in [-0.39, 0.29) is 0 Å². The molecule has 102 valence electrons. The Balaban J connectivity index is 2.33. The molecule has 0 amide bonds. The number of fused-ring (bicyclic) bond motifs is 1. The van der Waals surface area contributed by atoms with Crippen LogP contribution in [0.25, 0.3) is 16.9 Å². The number of pyridine rings is 1. The van der Waals surface area contributed by atoms with E-state index < -0.39 is 0 Å². The summed E-state index contributed by atoms with van der Waals surface area (Å²) in [5, 5.41) is 0.573. The molecule has 0 unspecified atom stereocenters. The maximum Gasteiger partial charge on any atom is 0.164 e. The summed E-state index contributed by atoms with van der Waals surface area (Å²) in [5.74, 6) is 1.09. The molecule has 5 heteroatoms. The monoisotopic (exact) mass is 305 g/mol. The van der Waals surface area contributed by atoms with Crippen molar-refractivity contribution in [2.75, 3.05) is 0 Å². The van der Waals surface area contributed by atoms with E-state index in [0.717, 1.165) is 22.7 Å². The zero-order valence-corrected chi connectivity index (χ0v) is 12.7. The summed E-state index contributed by atoms with van der Waals surface area (Å²) in [6.45, 7) is 4.14. The Bertz CT molecular complexity index is 773. The summed E-state index contributed by atoms with van der Waals surface area (Å²) in [6.07, 6.45) is 1.63. The predicted molar refractivity (Wildman–Crippen MR) is 82.9 cm³/mol. The number of halogens is 2. The molecule has 0 spiro atoms. The van der Waals surface area contributed by atoms with Crippen molar-refractivity contribution in [1.29, 1.82) is 0 Å². The maximum atomic E-state index is 6.03. The molecule has 0 atom stereocenters. The van der Waals surface area contributed by atoms with E-state index in [4.69, 9.17) is 23.2 Å². The number of imidazole rings is 1. The number of aromatic nitrogens is 3. The molecule has 1 aromatic carbocycles. The van der Waals surface area contributed by atoms with Crippen molar-refractivity contribution in [3.8, 4) is 5.69 Å². The third-order valence-electron chi connectivity index (χ3n) is 3.12. The van der Waals surface area contributed by atoms with E-state index in [0.29, 0.717) is 10.9 Å². The van der Waals surface area contributed by atoms with Crippen molar-refractivity contribution in [2.45, 2.75) is 19.7 Å². The van der Waals surface area contributed by atoms with Crippen LogP contribution in [0.1, 0.15) is 17.0 Å². The van der Waals surface area contributed by atoms with E-state index >= 15 is 0 Å². The first-order chi connectivity index (χ1) is 9.58. The molecular formula is C15H13Cl2N3. The molecule has 0 saturated carbocycles. The molecule has 2 aromatic heterocycles. The fourth-order valence-electron chi connectivity index (χ4n) is 2.43. The lowest BCUT2D eigenvalue weighted by Crippen LogP contribution is -2.01. The topological polar surface area (TPSA) is 30.7 Å². The van der Waals surface area contributed by atoms with Gasteiger partial charge >= 0.3 is 0 Å². The van der Waals surface area contributed by atoms with Gasteiger partial charge in [0, 0.05) is 11.9 Å². The quantitative estimate of drug-likeness (QED) is 0.656. The lowest BCUT2D eigenvalue weighted by Gasteiger charge is -2.09. The van der Waals surface area contributed by atoms with E-state index in [1.165, 1.54) is 11.1 Å². The van der Waals surface area contributed by atoms with Crippen LogP contribution in [0.5, 0.6) is 0 Å². The molecule has 0 saturated heterocycles. The fourth-order valence-corrected chi connectivity index (χ4v) is 2.76. The molecule has 3 aromatic rings. The van der Waals surface area contributed by atoms with Crippen molar-refractivity contribution in [2.24, 2.45) is 0 Å². The van der Waals surface area contributed by atoms with Crippen LogP contribution in [0.2, 0.25) is 5.02 Å². The highest BCUT2D eigenvalue weighted by atomic mass is 35.5. The Hall–Kier alpha value is -1.58. The first-order valence-corrected chi connectivity index (χ1v) is 7.17. The summed E-state index contributed by atoms with van der Waals surface area (Å²) in [5.41, 5.74) is 4.94. The third-order valence-corrected chi connectivity index (χ3v) is 3.56. The van der Waals surface area contributed by atoms with Crippen LogP contribution < -0.4 is 0 Å². The number of rotatable bonds is 2. The predicted octanol–water partition coefficient (Wildman–Crippen LogP) is 4.43. The van der Waals surface area contributed by atoms with Gasteiger partial charge < -0.3 is 0 Å². The SMILES string of the molecule is Cc1cc(C)cc(-n2c(CCl)nc3cc(Cl)cnc32)c1. The second kappa shape index (κ2) is 5.08. The first kappa shape index (κ1) is 13.4. The molecule has 0 aliphatic heterocycles. The zero-order valence-electron chi connectivity index (χ0n) is 11.2. The standard InChI is InChI=1S/C15H13Cl2N3/c1-9-3-10(2)5-12(4-9)20-14(7-16)19-13-6-11(17)8-18-15(13)20/h3-6,8H,7H2,1-2H3.